The van der Waals surface area contributed by atoms with Gasteiger partial charge in [-0.1, -0.05) is 24.3 Å². The number of benzene rings is 2. The van der Waals surface area contributed by atoms with Crippen molar-refractivity contribution in [2.45, 2.75) is 19.3 Å². The molecule has 8 nitrogen and oxygen atoms in total. The van der Waals surface area contributed by atoms with Crippen LogP contribution in [0.1, 0.15) is 17.5 Å². The van der Waals surface area contributed by atoms with Gasteiger partial charge in [0.15, 0.2) is 11.5 Å². The van der Waals surface area contributed by atoms with Gasteiger partial charge in [-0.15, -0.1) is 0 Å². The van der Waals surface area contributed by atoms with E-state index >= 15 is 0 Å². The zero-order valence-electron chi connectivity index (χ0n) is 17.5. The van der Waals surface area contributed by atoms with Crippen LogP contribution in [0.5, 0.6) is 17.2 Å². The van der Waals surface area contributed by atoms with Crippen molar-refractivity contribution >= 4 is 17.5 Å². The zero-order chi connectivity index (χ0) is 21.5. The number of hydrazine groups is 1. The van der Waals surface area contributed by atoms with Crippen LogP contribution in [-0.4, -0.2) is 46.2 Å². The lowest BCUT2D eigenvalue weighted by molar-refractivity contribution is -0.127. The number of hydrogen-bond acceptors (Lipinski definition) is 6. The maximum absolute atomic E-state index is 12.4. The predicted octanol–water partition coefficient (Wildman–Crippen LogP) is 1.86. The number of methoxy groups -OCH3 is 3. The Morgan fingerprint density at radius 2 is 1.67 bits per heavy atom. The quantitative estimate of drug-likeness (QED) is 0.674. The van der Waals surface area contributed by atoms with Crippen molar-refractivity contribution < 1.29 is 23.8 Å². The molecule has 8 heteroatoms. The Labute approximate surface area is 176 Å². The highest BCUT2D eigenvalue weighted by atomic mass is 16.5. The molecule has 0 fully saturated rings. The topological polar surface area (TPSA) is 89.1 Å². The number of rotatable bonds is 7. The molecule has 3 rings (SSSR count). The number of amides is 2. The fraction of sp³-hybridized carbons (Fsp3) is 0.364. The van der Waals surface area contributed by atoms with Gasteiger partial charge in [-0.3, -0.25) is 20.4 Å². The second kappa shape index (κ2) is 9.87. The third kappa shape index (κ3) is 4.76. The fourth-order valence-corrected chi connectivity index (χ4v) is 3.65. The van der Waals surface area contributed by atoms with Crippen molar-refractivity contribution in [2.75, 3.05) is 39.3 Å². The molecule has 0 aliphatic carbocycles. The SMILES string of the molecule is COc1ccc(CC(=O)NNC(=O)CN2CCCc3ccccc32)c(OC)c1OC. The van der Waals surface area contributed by atoms with Gasteiger partial charge in [-0.05, 0) is 30.5 Å². The van der Waals surface area contributed by atoms with Gasteiger partial charge in [0, 0.05) is 17.8 Å². The molecule has 2 N–H and O–H groups in total. The normalized spacial score (nSPS) is 12.6. The molecule has 1 aliphatic rings. The summed E-state index contributed by atoms with van der Waals surface area (Å²) in [6.07, 6.45) is 2.02. The standard InChI is InChI=1S/C22H27N3O5/c1-28-18-11-10-16(21(29-2)22(18)30-3)13-19(26)23-24-20(27)14-25-12-6-8-15-7-4-5-9-17(15)25/h4-5,7,9-11H,6,8,12-14H2,1-3H3,(H,23,26)(H,24,27). The molecule has 0 bridgehead atoms. The molecule has 0 saturated heterocycles. The number of carbonyl (C=O) groups is 2. The summed E-state index contributed by atoms with van der Waals surface area (Å²) in [4.78, 5) is 26.7. The minimum Gasteiger partial charge on any atom is -0.493 e. The van der Waals surface area contributed by atoms with Crippen LogP contribution >= 0.6 is 0 Å². The first-order valence-electron chi connectivity index (χ1n) is 9.75. The van der Waals surface area contributed by atoms with E-state index in [9.17, 15) is 9.59 Å². The highest BCUT2D eigenvalue weighted by Crippen LogP contribution is 2.39. The second-order valence-corrected chi connectivity index (χ2v) is 6.92. The van der Waals surface area contributed by atoms with Crippen LogP contribution in [0.15, 0.2) is 36.4 Å². The van der Waals surface area contributed by atoms with E-state index in [2.05, 4.69) is 16.9 Å². The Bertz CT molecular complexity index is 916. The van der Waals surface area contributed by atoms with E-state index in [1.807, 2.05) is 23.1 Å². The molecule has 0 aromatic heterocycles. The summed E-state index contributed by atoms with van der Waals surface area (Å²) in [7, 11) is 4.53. The van der Waals surface area contributed by atoms with Crippen LogP contribution < -0.4 is 30.0 Å². The lowest BCUT2D eigenvalue weighted by Gasteiger charge is -2.30. The summed E-state index contributed by atoms with van der Waals surface area (Å²) < 4.78 is 16.0. The Hall–Kier alpha value is -3.42. The van der Waals surface area contributed by atoms with Gasteiger partial charge in [-0.2, -0.15) is 0 Å². The predicted molar refractivity (Wildman–Crippen MR) is 113 cm³/mol. The van der Waals surface area contributed by atoms with Gasteiger partial charge in [0.05, 0.1) is 34.3 Å². The van der Waals surface area contributed by atoms with Gasteiger partial charge in [0.2, 0.25) is 11.7 Å². The van der Waals surface area contributed by atoms with Crippen molar-refractivity contribution in [1.82, 2.24) is 10.9 Å². The molecule has 0 spiro atoms. The summed E-state index contributed by atoms with van der Waals surface area (Å²) in [5.41, 5.74) is 7.89. The Morgan fingerprint density at radius 3 is 2.40 bits per heavy atom. The van der Waals surface area contributed by atoms with Crippen molar-refractivity contribution in [3.05, 3.63) is 47.5 Å². The summed E-state index contributed by atoms with van der Waals surface area (Å²) in [5, 5.41) is 0. The van der Waals surface area contributed by atoms with Crippen LogP contribution in [0.25, 0.3) is 0 Å². The van der Waals surface area contributed by atoms with Crippen LogP contribution in [0, 0.1) is 0 Å². The summed E-state index contributed by atoms with van der Waals surface area (Å²) >= 11 is 0. The largest absolute Gasteiger partial charge is 0.493 e. The van der Waals surface area contributed by atoms with Crippen molar-refractivity contribution in [1.29, 1.82) is 0 Å². The Morgan fingerprint density at radius 1 is 0.933 bits per heavy atom. The minimum atomic E-state index is -0.368. The van der Waals surface area contributed by atoms with E-state index in [0.29, 0.717) is 22.8 Å². The number of para-hydroxylation sites is 1. The van der Waals surface area contributed by atoms with E-state index in [0.717, 1.165) is 25.1 Å². The minimum absolute atomic E-state index is 0.0103. The number of aryl methyl sites for hydroxylation is 1. The van der Waals surface area contributed by atoms with Crippen LogP contribution in [-0.2, 0) is 22.4 Å². The molecule has 30 heavy (non-hydrogen) atoms. The fourth-order valence-electron chi connectivity index (χ4n) is 3.65. The molecule has 0 radical (unpaired) electrons. The first-order valence-corrected chi connectivity index (χ1v) is 9.75. The number of hydrogen-bond donors (Lipinski definition) is 2. The first-order chi connectivity index (χ1) is 14.6. The number of fused-ring (bicyclic) bond motifs is 1. The van der Waals surface area contributed by atoms with Gasteiger partial charge in [-0.25, -0.2) is 0 Å². The van der Waals surface area contributed by atoms with Gasteiger partial charge in [0.25, 0.3) is 5.91 Å². The number of ether oxygens (including phenoxy) is 3. The van der Waals surface area contributed by atoms with E-state index in [1.54, 1.807) is 12.1 Å². The lowest BCUT2D eigenvalue weighted by atomic mass is 10.0. The van der Waals surface area contributed by atoms with Gasteiger partial charge >= 0.3 is 0 Å². The third-order valence-electron chi connectivity index (χ3n) is 5.02. The maximum Gasteiger partial charge on any atom is 0.257 e. The molecule has 2 aromatic rings. The average molecular weight is 413 g/mol. The highest BCUT2D eigenvalue weighted by molar-refractivity contribution is 5.86. The maximum atomic E-state index is 12.4. The zero-order valence-corrected chi connectivity index (χ0v) is 17.5. The van der Waals surface area contributed by atoms with E-state index in [-0.39, 0.29) is 24.8 Å². The molecular weight excluding hydrogens is 386 g/mol. The molecule has 0 saturated carbocycles. The molecule has 160 valence electrons. The lowest BCUT2D eigenvalue weighted by Crippen LogP contribution is -2.47. The summed E-state index contributed by atoms with van der Waals surface area (Å²) in [6.45, 7) is 0.984. The molecule has 1 heterocycles. The van der Waals surface area contributed by atoms with E-state index in [4.69, 9.17) is 14.2 Å². The first kappa shape index (κ1) is 21.3. The van der Waals surface area contributed by atoms with Crippen LogP contribution in [0.3, 0.4) is 0 Å². The van der Waals surface area contributed by atoms with Crippen molar-refractivity contribution in [3.8, 4) is 17.2 Å². The number of anilines is 1. The summed E-state index contributed by atoms with van der Waals surface area (Å²) in [6, 6.07) is 11.5. The smallest absolute Gasteiger partial charge is 0.257 e. The van der Waals surface area contributed by atoms with E-state index in [1.165, 1.54) is 26.9 Å². The van der Waals surface area contributed by atoms with Crippen molar-refractivity contribution in [2.24, 2.45) is 0 Å². The van der Waals surface area contributed by atoms with Crippen LogP contribution in [0.2, 0.25) is 0 Å². The van der Waals surface area contributed by atoms with Crippen LogP contribution in [0.4, 0.5) is 5.69 Å². The number of nitrogens with zero attached hydrogens (tertiary/aromatic N) is 1. The molecule has 2 amide bonds. The third-order valence-corrected chi connectivity index (χ3v) is 5.02. The molecule has 2 aromatic carbocycles. The molecule has 0 atom stereocenters. The summed E-state index contributed by atoms with van der Waals surface area (Å²) in [5.74, 6) is 0.696. The molecule has 1 aliphatic heterocycles. The van der Waals surface area contributed by atoms with E-state index < -0.39 is 0 Å². The molecular formula is C22H27N3O5. The average Bonchev–Trinajstić information content (AvgIpc) is 2.77. The molecule has 0 unspecified atom stereocenters. The Kier molecular flexibility index (Phi) is 7.00. The number of nitrogens with one attached hydrogen (secondary N) is 2. The second-order valence-electron chi connectivity index (χ2n) is 6.92. The monoisotopic (exact) mass is 413 g/mol. The van der Waals surface area contributed by atoms with Gasteiger partial charge in [0.1, 0.15) is 0 Å². The van der Waals surface area contributed by atoms with Gasteiger partial charge < -0.3 is 19.1 Å². The Balaban J connectivity index is 1.57. The highest BCUT2D eigenvalue weighted by Gasteiger charge is 2.20. The number of carbonyl (C=O) groups excluding carboxylic acids is 2. The van der Waals surface area contributed by atoms with Crippen molar-refractivity contribution in [3.63, 3.8) is 0 Å².